The normalized spacial score (nSPS) is 15.6. The van der Waals surface area contributed by atoms with Crippen molar-refractivity contribution < 1.29 is 18.1 Å². The van der Waals surface area contributed by atoms with Gasteiger partial charge in [-0.05, 0) is 17.7 Å². The molecule has 1 aliphatic rings. The predicted molar refractivity (Wildman–Crippen MR) is 66.5 cm³/mol. The molecule has 2 aromatic rings. The molecule has 5 heteroatoms. The summed E-state index contributed by atoms with van der Waals surface area (Å²) in [5.41, 5.74) is 0.913. The zero-order valence-corrected chi connectivity index (χ0v) is 10.4. The first-order valence-electron chi connectivity index (χ1n) is 5.52. The second-order valence-electron chi connectivity index (χ2n) is 3.84. The Hall–Kier alpha value is -1.77. The van der Waals surface area contributed by atoms with E-state index in [1.54, 1.807) is 24.3 Å². The third-order valence-electron chi connectivity index (χ3n) is 2.50. The van der Waals surface area contributed by atoms with Crippen molar-refractivity contribution in [2.75, 3.05) is 0 Å². The van der Waals surface area contributed by atoms with Crippen LogP contribution in [0.15, 0.2) is 54.6 Å². The molecule has 0 fully saturated rings. The van der Waals surface area contributed by atoms with Crippen LogP contribution >= 0.6 is 7.82 Å². The summed E-state index contributed by atoms with van der Waals surface area (Å²) in [6.07, 6.45) is 0. The number of hydrogen-bond acceptors (Lipinski definition) is 4. The highest BCUT2D eigenvalue weighted by atomic mass is 31.2. The van der Waals surface area contributed by atoms with E-state index < -0.39 is 7.82 Å². The molecule has 0 atom stereocenters. The Labute approximate surface area is 105 Å². The van der Waals surface area contributed by atoms with Crippen LogP contribution in [0.4, 0.5) is 0 Å². The summed E-state index contributed by atoms with van der Waals surface area (Å²) in [6, 6.07) is 16.4. The topological polar surface area (TPSA) is 44.8 Å². The molecule has 0 amide bonds. The lowest BCUT2D eigenvalue weighted by atomic mass is 10.2. The van der Waals surface area contributed by atoms with E-state index in [2.05, 4.69) is 0 Å². The zero-order valence-electron chi connectivity index (χ0n) is 9.48. The van der Waals surface area contributed by atoms with Gasteiger partial charge in [0.25, 0.3) is 0 Å². The fourth-order valence-electron chi connectivity index (χ4n) is 1.64. The molecule has 1 heterocycles. The molecule has 0 saturated heterocycles. The summed E-state index contributed by atoms with van der Waals surface area (Å²) in [7, 11) is -3.52. The van der Waals surface area contributed by atoms with Crippen molar-refractivity contribution in [3.8, 4) is 11.5 Å². The number of fused-ring (bicyclic) bond motifs is 1. The van der Waals surface area contributed by atoms with Crippen LogP contribution in [0.5, 0.6) is 11.5 Å². The first kappa shape index (κ1) is 11.3. The van der Waals surface area contributed by atoms with Gasteiger partial charge in [-0.2, -0.15) is 0 Å². The van der Waals surface area contributed by atoms with E-state index in [4.69, 9.17) is 13.6 Å². The van der Waals surface area contributed by atoms with Crippen molar-refractivity contribution in [1.82, 2.24) is 0 Å². The van der Waals surface area contributed by atoms with Gasteiger partial charge in [-0.3, -0.25) is 4.52 Å². The lowest BCUT2D eigenvalue weighted by molar-refractivity contribution is 0.219. The van der Waals surface area contributed by atoms with Crippen molar-refractivity contribution in [2.45, 2.75) is 6.61 Å². The van der Waals surface area contributed by atoms with Crippen LogP contribution in [0.25, 0.3) is 0 Å². The Morgan fingerprint density at radius 3 is 2.06 bits per heavy atom. The molecule has 4 nitrogen and oxygen atoms in total. The molecule has 3 rings (SSSR count). The Kier molecular flexibility index (Phi) is 2.82. The maximum Gasteiger partial charge on any atom is 0.588 e. The average molecular weight is 262 g/mol. The molecule has 0 aliphatic carbocycles. The van der Waals surface area contributed by atoms with Gasteiger partial charge in [-0.25, -0.2) is 4.57 Å². The van der Waals surface area contributed by atoms with Crippen LogP contribution in [-0.4, -0.2) is 0 Å². The number of phosphoric ester groups is 1. The van der Waals surface area contributed by atoms with Crippen LogP contribution in [-0.2, 0) is 15.7 Å². The van der Waals surface area contributed by atoms with Crippen molar-refractivity contribution in [2.24, 2.45) is 0 Å². The second-order valence-corrected chi connectivity index (χ2v) is 5.35. The third-order valence-corrected chi connectivity index (χ3v) is 3.79. The summed E-state index contributed by atoms with van der Waals surface area (Å²) in [4.78, 5) is 0. The van der Waals surface area contributed by atoms with Crippen LogP contribution in [0, 0.1) is 0 Å². The summed E-state index contributed by atoms with van der Waals surface area (Å²) >= 11 is 0. The molecule has 0 aromatic heterocycles. The van der Waals surface area contributed by atoms with Gasteiger partial charge in [0.05, 0.1) is 6.61 Å². The van der Waals surface area contributed by atoms with Crippen LogP contribution in [0.3, 0.4) is 0 Å². The second kappa shape index (κ2) is 4.48. The van der Waals surface area contributed by atoms with Crippen molar-refractivity contribution in [3.63, 3.8) is 0 Å². The number of benzene rings is 2. The summed E-state index contributed by atoms with van der Waals surface area (Å²) in [5.74, 6) is 0.905. The molecule has 0 unspecified atom stereocenters. The van der Waals surface area contributed by atoms with Gasteiger partial charge >= 0.3 is 7.82 Å². The predicted octanol–water partition coefficient (Wildman–Crippen LogP) is 3.78. The molecule has 18 heavy (non-hydrogen) atoms. The molecule has 0 spiro atoms. The molecular formula is C13H11O4P. The van der Waals surface area contributed by atoms with Crippen LogP contribution in [0.1, 0.15) is 5.56 Å². The van der Waals surface area contributed by atoms with Gasteiger partial charge in [-0.15, -0.1) is 0 Å². The van der Waals surface area contributed by atoms with Crippen molar-refractivity contribution in [3.05, 3.63) is 60.2 Å². The van der Waals surface area contributed by atoms with Gasteiger partial charge in [0.1, 0.15) is 0 Å². The number of phosphoric acid groups is 1. The molecule has 92 valence electrons. The lowest BCUT2D eigenvalue weighted by Gasteiger charge is -2.09. The third kappa shape index (κ3) is 2.26. The minimum atomic E-state index is -3.52. The van der Waals surface area contributed by atoms with Gasteiger partial charge in [-0.1, -0.05) is 42.5 Å². The highest BCUT2D eigenvalue weighted by Crippen LogP contribution is 2.59. The van der Waals surface area contributed by atoms with Crippen LogP contribution in [0.2, 0.25) is 0 Å². The molecule has 1 aliphatic heterocycles. The van der Waals surface area contributed by atoms with Crippen LogP contribution < -0.4 is 9.05 Å². The Bertz CT molecular complexity index is 568. The summed E-state index contributed by atoms with van der Waals surface area (Å²) in [5, 5.41) is 0. The average Bonchev–Trinajstić information content (AvgIpc) is 2.74. The SMILES string of the molecule is O=P1(OCc2ccccc2)Oc2ccccc2O1. The molecule has 2 aromatic carbocycles. The Morgan fingerprint density at radius 2 is 1.44 bits per heavy atom. The first-order chi connectivity index (χ1) is 8.75. The quantitative estimate of drug-likeness (QED) is 0.789. The molecular weight excluding hydrogens is 251 g/mol. The number of hydrogen-bond donors (Lipinski definition) is 0. The smallest absolute Gasteiger partial charge is 0.391 e. The first-order valence-corrected chi connectivity index (χ1v) is 6.98. The van der Waals surface area contributed by atoms with Gasteiger partial charge in [0.2, 0.25) is 0 Å². The monoisotopic (exact) mass is 262 g/mol. The maximum absolute atomic E-state index is 12.2. The van der Waals surface area contributed by atoms with E-state index in [0.717, 1.165) is 5.56 Å². The minimum Gasteiger partial charge on any atom is -0.391 e. The molecule has 0 bridgehead atoms. The summed E-state index contributed by atoms with van der Waals surface area (Å²) in [6.45, 7) is 0.187. The van der Waals surface area contributed by atoms with Gasteiger partial charge < -0.3 is 9.05 Å². The fourth-order valence-corrected chi connectivity index (χ4v) is 2.87. The largest absolute Gasteiger partial charge is 0.588 e. The highest BCUT2D eigenvalue weighted by molar-refractivity contribution is 7.49. The van der Waals surface area contributed by atoms with E-state index in [9.17, 15) is 4.57 Å². The molecule has 0 radical (unpaired) electrons. The standard InChI is InChI=1S/C13H11O4P/c14-18(15-10-11-6-2-1-3-7-11)16-12-8-4-5-9-13(12)17-18/h1-9H,10H2. The van der Waals surface area contributed by atoms with E-state index >= 15 is 0 Å². The number of para-hydroxylation sites is 2. The van der Waals surface area contributed by atoms with Crippen molar-refractivity contribution >= 4 is 7.82 Å². The lowest BCUT2D eigenvalue weighted by Crippen LogP contribution is -1.98. The van der Waals surface area contributed by atoms with E-state index in [1.807, 2.05) is 30.3 Å². The number of rotatable bonds is 3. The maximum atomic E-state index is 12.2. The Morgan fingerprint density at radius 1 is 0.889 bits per heavy atom. The Balaban J connectivity index is 1.70. The van der Waals surface area contributed by atoms with Gasteiger partial charge in [0, 0.05) is 0 Å². The fraction of sp³-hybridized carbons (Fsp3) is 0.0769. The van der Waals surface area contributed by atoms with E-state index in [-0.39, 0.29) is 6.61 Å². The molecule has 0 N–H and O–H groups in total. The minimum absolute atomic E-state index is 0.187. The van der Waals surface area contributed by atoms with E-state index in [1.165, 1.54) is 0 Å². The van der Waals surface area contributed by atoms with Gasteiger partial charge in [0.15, 0.2) is 11.5 Å². The van der Waals surface area contributed by atoms with Crippen molar-refractivity contribution in [1.29, 1.82) is 0 Å². The molecule has 0 saturated carbocycles. The van der Waals surface area contributed by atoms with E-state index in [0.29, 0.717) is 11.5 Å². The highest BCUT2D eigenvalue weighted by Gasteiger charge is 2.38. The zero-order chi connectivity index (χ0) is 12.4. The summed E-state index contributed by atoms with van der Waals surface area (Å²) < 4.78 is 27.9.